The molecule has 0 bridgehead atoms. The van der Waals surface area contributed by atoms with E-state index in [1.807, 2.05) is 16.4 Å². The number of ether oxygens (including phenoxy) is 1. The Hall–Kier alpha value is -2.50. The molecule has 2 heterocycles. The van der Waals surface area contributed by atoms with Gasteiger partial charge >= 0.3 is 0 Å². The Balaban J connectivity index is 1.37. The third-order valence-electron chi connectivity index (χ3n) is 5.30. The van der Waals surface area contributed by atoms with Crippen molar-refractivity contribution in [1.82, 2.24) is 9.29 Å². The number of rotatable bonds is 5. The molecule has 5 heteroatoms. The zero-order valence-corrected chi connectivity index (χ0v) is 16.8. The van der Waals surface area contributed by atoms with Gasteiger partial charge in [0.2, 0.25) is 5.88 Å². The summed E-state index contributed by atoms with van der Waals surface area (Å²) >= 11 is 0. The summed E-state index contributed by atoms with van der Waals surface area (Å²) in [7, 11) is 0.415. The van der Waals surface area contributed by atoms with Crippen LogP contribution in [0.4, 0.5) is 0 Å². The molecular weight excluding hydrogens is 368 g/mol. The molecule has 2 aromatic carbocycles. The van der Waals surface area contributed by atoms with Crippen LogP contribution >= 0.6 is 0 Å². The van der Waals surface area contributed by atoms with Gasteiger partial charge in [0.05, 0.1) is 12.0 Å². The van der Waals surface area contributed by atoms with Gasteiger partial charge in [-0.25, -0.2) is 13.5 Å². The quantitative estimate of drug-likeness (QED) is 0.634. The predicted octanol–water partition coefficient (Wildman–Crippen LogP) is 4.66. The lowest BCUT2D eigenvalue weighted by molar-refractivity contribution is 0.334. The molecule has 1 saturated heterocycles. The van der Waals surface area contributed by atoms with E-state index in [9.17, 15) is 4.21 Å². The average molecular weight is 393 g/mol. The summed E-state index contributed by atoms with van der Waals surface area (Å²) in [4.78, 5) is 4.90. The lowest BCUT2D eigenvalue weighted by atomic mass is 9.89. The van der Waals surface area contributed by atoms with Crippen LogP contribution < -0.4 is 4.74 Å². The highest BCUT2D eigenvalue weighted by Crippen LogP contribution is 2.31. The molecular formula is C23H24N2O2S. The predicted molar refractivity (Wildman–Crippen MR) is 113 cm³/mol. The second-order valence-corrected chi connectivity index (χ2v) is 8.46. The third-order valence-corrected chi connectivity index (χ3v) is 6.78. The Morgan fingerprint density at radius 1 is 0.929 bits per heavy atom. The molecule has 28 heavy (non-hydrogen) atoms. The second kappa shape index (κ2) is 8.67. The summed E-state index contributed by atoms with van der Waals surface area (Å²) in [6.45, 7) is 1.65. The van der Waals surface area contributed by atoms with Crippen molar-refractivity contribution in [3.05, 3.63) is 78.5 Å². The molecule has 0 amide bonds. The van der Waals surface area contributed by atoms with Crippen LogP contribution in [0.15, 0.2) is 77.8 Å². The molecule has 4 rings (SSSR count). The lowest BCUT2D eigenvalue weighted by Gasteiger charge is -2.31. The summed E-state index contributed by atoms with van der Waals surface area (Å²) in [6, 6.07) is 22.9. The van der Waals surface area contributed by atoms with E-state index in [-0.39, 0.29) is 0 Å². The summed E-state index contributed by atoms with van der Waals surface area (Å²) in [6.07, 6.45) is 3.67. The lowest BCUT2D eigenvalue weighted by Crippen LogP contribution is -2.34. The van der Waals surface area contributed by atoms with Crippen molar-refractivity contribution in [3.8, 4) is 17.0 Å². The number of piperidine rings is 1. The van der Waals surface area contributed by atoms with Crippen molar-refractivity contribution in [1.29, 1.82) is 0 Å². The van der Waals surface area contributed by atoms with E-state index in [1.165, 1.54) is 16.7 Å². The Morgan fingerprint density at radius 2 is 1.61 bits per heavy atom. The van der Waals surface area contributed by atoms with Gasteiger partial charge in [-0.2, -0.15) is 0 Å². The first-order valence-corrected chi connectivity index (χ1v) is 10.7. The zero-order chi connectivity index (χ0) is 19.3. The highest BCUT2D eigenvalue weighted by atomic mass is 32.2. The number of hydrogen-bond acceptors (Lipinski definition) is 3. The Morgan fingerprint density at radius 3 is 2.21 bits per heavy atom. The molecule has 3 aromatic rings. The highest BCUT2D eigenvalue weighted by Gasteiger charge is 2.25. The van der Waals surface area contributed by atoms with E-state index in [2.05, 4.69) is 53.5 Å². The fourth-order valence-electron chi connectivity index (χ4n) is 3.67. The van der Waals surface area contributed by atoms with Crippen molar-refractivity contribution in [2.24, 2.45) is 0 Å². The first kappa shape index (κ1) is 18.8. The summed E-state index contributed by atoms with van der Waals surface area (Å²) in [5.74, 6) is 1.06. The van der Waals surface area contributed by atoms with Crippen molar-refractivity contribution in [3.63, 3.8) is 0 Å². The molecule has 1 aliphatic rings. The van der Waals surface area contributed by atoms with Crippen LogP contribution in [0.1, 0.15) is 24.3 Å². The number of hydrogen-bond donors (Lipinski definition) is 0. The average Bonchev–Trinajstić information content (AvgIpc) is 2.79. The minimum atomic E-state index is -1.16. The Labute approximate surface area is 168 Å². The van der Waals surface area contributed by atoms with E-state index in [4.69, 9.17) is 4.74 Å². The van der Waals surface area contributed by atoms with Crippen LogP contribution in [0.3, 0.4) is 0 Å². The molecule has 0 saturated carbocycles. The van der Waals surface area contributed by atoms with Gasteiger partial charge in [-0.05, 0) is 41.5 Å². The van der Waals surface area contributed by atoms with Gasteiger partial charge < -0.3 is 4.74 Å². The van der Waals surface area contributed by atoms with Crippen molar-refractivity contribution < 1.29 is 8.95 Å². The fourth-order valence-corrected chi connectivity index (χ4v) is 4.84. The van der Waals surface area contributed by atoms with Crippen LogP contribution in [0.5, 0.6) is 5.88 Å². The molecule has 0 radical (unpaired) electrons. The maximum absolute atomic E-state index is 12.8. The standard InChI is InChI=1S/C23H24N2O2S/c1-27-23-12-11-22(17-24-23)28(26)25-15-13-21(14-16-25)20-9-7-19(8-10-20)18-5-3-2-4-6-18/h2-12,17,21H,13-16H2,1H3. The van der Waals surface area contributed by atoms with E-state index < -0.39 is 11.0 Å². The molecule has 1 fully saturated rings. The van der Waals surface area contributed by atoms with Crippen LogP contribution in [-0.4, -0.2) is 33.7 Å². The minimum absolute atomic E-state index is 0.520. The van der Waals surface area contributed by atoms with Crippen LogP contribution in [0.2, 0.25) is 0 Å². The van der Waals surface area contributed by atoms with Gasteiger partial charge in [-0.15, -0.1) is 0 Å². The molecule has 1 aliphatic heterocycles. The first-order valence-electron chi connectivity index (χ1n) is 9.57. The normalized spacial score (nSPS) is 16.6. The third kappa shape index (κ3) is 4.16. The molecule has 1 unspecified atom stereocenters. The summed E-state index contributed by atoms with van der Waals surface area (Å²) in [5.41, 5.74) is 3.86. The van der Waals surface area contributed by atoms with Gasteiger partial charge in [-0.1, -0.05) is 54.6 Å². The molecule has 0 aliphatic carbocycles. The Kier molecular flexibility index (Phi) is 5.84. The van der Waals surface area contributed by atoms with Crippen molar-refractivity contribution in [2.45, 2.75) is 23.7 Å². The number of benzene rings is 2. The summed E-state index contributed by atoms with van der Waals surface area (Å²) < 4.78 is 19.9. The zero-order valence-electron chi connectivity index (χ0n) is 16.0. The topological polar surface area (TPSA) is 42.4 Å². The van der Waals surface area contributed by atoms with Crippen LogP contribution in [0.25, 0.3) is 11.1 Å². The minimum Gasteiger partial charge on any atom is -0.481 e. The highest BCUT2D eigenvalue weighted by molar-refractivity contribution is 7.82. The maximum atomic E-state index is 12.8. The van der Waals surface area contributed by atoms with Gasteiger partial charge in [-0.3, -0.25) is 0 Å². The van der Waals surface area contributed by atoms with Crippen LogP contribution in [0, 0.1) is 0 Å². The molecule has 144 valence electrons. The fraction of sp³-hybridized carbons (Fsp3) is 0.261. The molecule has 0 spiro atoms. The maximum Gasteiger partial charge on any atom is 0.212 e. The second-order valence-electron chi connectivity index (χ2n) is 6.98. The number of methoxy groups -OCH3 is 1. The molecule has 1 aromatic heterocycles. The number of pyridine rings is 1. The smallest absolute Gasteiger partial charge is 0.212 e. The summed E-state index contributed by atoms with van der Waals surface area (Å²) in [5, 5.41) is 0. The van der Waals surface area contributed by atoms with Gasteiger partial charge in [0.1, 0.15) is 11.0 Å². The van der Waals surface area contributed by atoms with E-state index >= 15 is 0 Å². The van der Waals surface area contributed by atoms with Gasteiger partial charge in [0.15, 0.2) is 0 Å². The van der Waals surface area contributed by atoms with Crippen LogP contribution in [-0.2, 0) is 11.0 Å². The van der Waals surface area contributed by atoms with Gasteiger partial charge in [0.25, 0.3) is 0 Å². The Bertz CT molecular complexity index is 919. The molecule has 4 nitrogen and oxygen atoms in total. The monoisotopic (exact) mass is 392 g/mol. The molecule has 1 atom stereocenters. The van der Waals surface area contributed by atoms with E-state index in [0.717, 1.165) is 30.8 Å². The number of nitrogens with zero attached hydrogens (tertiary/aromatic N) is 2. The van der Waals surface area contributed by atoms with Crippen molar-refractivity contribution in [2.75, 3.05) is 20.2 Å². The van der Waals surface area contributed by atoms with E-state index in [1.54, 1.807) is 19.4 Å². The SMILES string of the molecule is COc1ccc(S(=O)N2CCC(c3ccc(-c4ccccc4)cc3)CC2)cn1. The van der Waals surface area contributed by atoms with E-state index in [0.29, 0.717) is 11.8 Å². The number of aromatic nitrogens is 1. The van der Waals surface area contributed by atoms with Crippen molar-refractivity contribution >= 4 is 11.0 Å². The largest absolute Gasteiger partial charge is 0.481 e. The van der Waals surface area contributed by atoms with Gasteiger partial charge in [0, 0.05) is 25.4 Å². The first-order chi connectivity index (χ1) is 13.7. The molecule has 0 N–H and O–H groups in total.